The van der Waals surface area contributed by atoms with Crippen LogP contribution in [0.15, 0.2) is 59.4 Å². The van der Waals surface area contributed by atoms with Gasteiger partial charge in [0.15, 0.2) is 0 Å². The molecule has 2 heterocycles. The molecule has 0 unspecified atom stereocenters. The molecule has 0 saturated carbocycles. The number of allylic oxidation sites excluding steroid dienone is 1. The Bertz CT molecular complexity index is 842. The summed E-state index contributed by atoms with van der Waals surface area (Å²) in [4.78, 5) is 16.5. The Morgan fingerprint density at radius 3 is 2.62 bits per heavy atom. The molecule has 2 aromatic rings. The molecule has 5 nitrogen and oxygen atoms in total. The van der Waals surface area contributed by atoms with E-state index in [1.807, 2.05) is 0 Å². The fourth-order valence-electron chi connectivity index (χ4n) is 2.21. The van der Waals surface area contributed by atoms with Crippen LogP contribution in [0.4, 0.5) is 0 Å². The maximum absolute atomic E-state index is 12.5. The lowest BCUT2D eigenvalue weighted by Gasteiger charge is -2.27. The van der Waals surface area contributed by atoms with Crippen LogP contribution >= 0.6 is 0 Å². The second-order valence-electron chi connectivity index (χ2n) is 4.61. The quantitative estimate of drug-likeness (QED) is 0.755. The van der Waals surface area contributed by atoms with Crippen LogP contribution in [-0.4, -0.2) is 30.5 Å². The normalized spacial score (nSPS) is 18.6. The third kappa shape index (κ3) is 2.13. The lowest BCUT2D eigenvalue weighted by Crippen LogP contribution is -2.36. The zero-order valence-corrected chi connectivity index (χ0v) is 12.0. The van der Waals surface area contributed by atoms with Gasteiger partial charge in [-0.2, -0.15) is 0 Å². The van der Waals surface area contributed by atoms with Crippen molar-refractivity contribution in [1.29, 1.82) is 0 Å². The second kappa shape index (κ2) is 4.82. The first-order chi connectivity index (χ1) is 10.0. The third-order valence-electron chi connectivity index (χ3n) is 3.33. The predicted octanol–water partition coefficient (Wildman–Crippen LogP) is 1.94. The van der Waals surface area contributed by atoms with E-state index in [1.54, 1.807) is 36.7 Å². The van der Waals surface area contributed by atoms with Gasteiger partial charge in [-0.15, -0.1) is 0 Å². The summed E-state index contributed by atoms with van der Waals surface area (Å²) in [6, 6.07) is 9.71. The lowest BCUT2D eigenvalue weighted by atomic mass is 10.1. The number of nitrogens with zero attached hydrogens (tertiary/aromatic N) is 2. The van der Waals surface area contributed by atoms with Crippen LogP contribution in [0, 0.1) is 0 Å². The first kappa shape index (κ1) is 13.5. The average Bonchev–Trinajstić information content (AvgIpc) is 2.51. The van der Waals surface area contributed by atoms with Crippen LogP contribution in [0.25, 0.3) is 6.08 Å². The Morgan fingerprint density at radius 1 is 1.14 bits per heavy atom. The molecule has 0 atom stereocenters. The van der Waals surface area contributed by atoms with E-state index in [0.717, 1.165) is 4.31 Å². The van der Waals surface area contributed by atoms with Gasteiger partial charge in [0.05, 0.1) is 4.90 Å². The predicted molar refractivity (Wildman–Crippen MR) is 77.9 cm³/mol. The van der Waals surface area contributed by atoms with Gasteiger partial charge in [-0.25, -0.2) is 8.42 Å². The summed E-state index contributed by atoms with van der Waals surface area (Å²) in [6.07, 6.45) is 4.71. The summed E-state index contributed by atoms with van der Waals surface area (Å²) in [7, 11) is -2.32. The van der Waals surface area contributed by atoms with Crippen LogP contribution < -0.4 is 0 Å². The highest BCUT2D eigenvalue weighted by Gasteiger charge is 2.36. The molecule has 0 fully saturated rings. The van der Waals surface area contributed by atoms with Gasteiger partial charge < -0.3 is 0 Å². The van der Waals surface area contributed by atoms with Gasteiger partial charge in [-0.3, -0.25) is 14.1 Å². The van der Waals surface area contributed by atoms with E-state index in [-0.39, 0.29) is 21.9 Å². The van der Waals surface area contributed by atoms with Gasteiger partial charge >= 0.3 is 0 Å². The molecule has 1 aromatic carbocycles. The fraction of sp³-hybridized carbons (Fsp3) is 0.0667. The van der Waals surface area contributed by atoms with E-state index in [1.165, 1.54) is 25.3 Å². The van der Waals surface area contributed by atoms with Gasteiger partial charge in [-0.05, 0) is 29.8 Å². The molecule has 1 aliphatic rings. The molecule has 21 heavy (non-hydrogen) atoms. The number of aromatic nitrogens is 1. The van der Waals surface area contributed by atoms with Crippen molar-refractivity contribution in [2.24, 2.45) is 0 Å². The summed E-state index contributed by atoms with van der Waals surface area (Å²) in [5.41, 5.74) is 0.981. The molecule has 1 aliphatic heterocycles. The van der Waals surface area contributed by atoms with Crippen molar-refractivity contribution in [3.05, 3.63) is 65.6 Å². The molecule has 0 spiro atoms. The summed E-state index contributed by atoms with van der Waals surface area (Å²) in [5.74, 6) is -0.313. The van der Waals surface area contributed by atoms with Gasteiger partial charge in [0.1, 0.15) is 5.70 Å². The molecule has 0 saturated heterocycles. The summed E-state index contributed by atoms with van der Waals surface area (Å²) in [6.45, 7) is 0. The fourth-order valence-corrected chi connectivity index (χ4v) is 3.59. The van der Waals surface area contributed by atoms with Crippen LogP contribution in [0.2, 0.25) is 0 Å². The largest absolute Gasteiger partial charge is 0.287 e. The van der Waals surface area contributed by atoms with Crippen LogP contribution in [-0.2, 0) is 10.0 Å². The van der Waals surface area contributed by atoms with E-state index >= 15 is 0 Å². The number of likely N-dealkylation sites (N-methyl/N-ethyl adjacent to an activating group) is 1. The molecule has 0 bridgehead atoms. The van der Waals surface area contributed by atoms with E-state index in [0.29, 0.717) is 5.56 Å². The molecule has 0 aliphatic carbocycles. The Labute approximate surface area is 122 Å². The number of hydrogen-bond donors (Lipinski definition) is 0. The molecule has 0 amide bonds. The number of carbonyl (C=O) groups excluding carboxylic acids is 1. The maximum atomic E-state index is 12.5. The first-order valence-electron chi connectivity index (χ1n) is 6.26. The molecular weight excluding hydrogens is 288 g/mol. The lowest BCUT2D eigenvalue weighted by molar-refractivity contribution is 0.101. The van der Waals surface area contributed by atoms with Crippen molar-refractivity contribution in [3.8, 4) is 0 Å². The van der Waals surface area contributed by atoms with Crippen molar-refractivity contribution in [1.82, 2.24) is 9.29 Å². The summed E-state index contributed by atoms with van der Waals surface area (Å²) in [5, 5.41) is 0. The monoisotopic (exact) mass is 300 g/mol. The Kier molecular flexibility index (Phi) is 3.10. The molecule has 0 radical (unpaired) electrons. The first-order valence-corrected chi connectivity index (χ1v) is 7.70. The smallest absolute Gasteiger partial charge is 0.264 e. The van der Waals surface area contributed by atoms with E-state index < -0.39 is 10.0 Å². The molecule has 1 aromatic heterocycles. The minimum absolute atomic E-state index is 0.0424. The number of ketones is 1. The maximum Gasteiger partial charge on any atom is 0.264 e. The molecule has 6 heteroatoms. The summed E-state index contributed by atoms with van der Waals surface area (Å²) < 4.78 is 26.0. The molecular formula is C15H12N2O3S. The van der Waals surface area contributed by atoms with Crippen LogP contribution in [0.1, 0.15) is 15.9 Å². The van der Waals surface area contributed by atoms with Gasteiger partial charge in [0.25, 0.3) is 10.0 Å². The number of Topliss-reactive ketones (excluding diaryl/α,β-unsaturated/α-hetero) is 1. The number of sulfonamides is 1. The highest BCUT2D eigenvalue weighted by Crippen LogP contribution is 2.31. The topological polar surface area (TPSA) is 67.3 Å². The third-order valence-corrected chi connectivity index (χ3v) is 5.16. The zero-order valence-electron chi connectivity index (χ0n) is 11.2. The standard InChI is InChI=1S/C15H12N2O3S/c1-17-13(9-11-5-4-8-16-10-11)15(18)12-6-2-3-7-14(12)21(17,19)20/h2-10H,1H3/b13-9-. The minimum Gasteiger partial charge on any atom is -0.287 e. The van der Waals surface area contributed by atoms with Crippen molar-refractivity contribution < 1.29 is 13.2 Å². The van der Waals surface area contributed by atoms with Crippen LogP contribution in [0.3, 0.4) is 0 Å². The highest BCUT2D eigenvalue weighted by molar-refractivity contribution is 7.89. The average molecular weight is 300 g/mol. The van der Waals surface area contributed by atoms with E-state index in [4.69, 9.17) is 0 Å². The SMILES string of the molecule is CN1/C(=C\c2cccnc2)C(=O)c2ccccc2S1(=O)=O. The molecule has 0 N–H and O–H groups in total. The Hall–Kier alpha value is -2.47. The van der Waals surface area contributed by atoms with Gasteiger partial charge in [-0.1, -0.05) is 18.2 Å². The van der Waals surface area contributed by atoms with Gasteiger partial charge in [0.2, 0.25) is 5.78 Å². The van der Waals surface area contributed by atoms with E-state index in [2.05, 4.69) is 4.98 Å². The second-order valence-corrected chi connectivity index (χ2v) is 6.55. The van der Waals surface area contributed by atoms with Crippen molar-refractivity contribution in [2.75, 3.05) is 7.05 Å². The van der Waals surface area contributed by atoms with Crippen molar-refractivity contribution >= 4 is 21.9 Å². The number of pyridine rings is 1. The number of rotatable bonds is 1. The zero-order chi connectivity index (χ0) is 15.0. The summed E-state index contributed by atoms with van der Waals surface area (Å²) >= 11 is 0. The van der Waals surface area contributed by atoms with E-state index in [9.17, 15) is 13.2 Å². The number of fused-ring (bicyclic) bond motifs is 1. The Balaban J connectivity index is 2.22. The number of benzene rings is 1. The molecule has 3 rings (SSSR count). The highest BCUT2D eigenvalue weighted by atomic mass is 32.2. The van der Waals surface area contributed by atoms with Crippen molar-refractivity contribution in [2.45, 2.75) is 4.90 Å². The Morgan fingerprint density at radius 2 is 1.90 bits per heavy atom. The molecule has 106 valence electrons. The van der Waals surface area contributed by atoms with Gasteiger partial charge in [0, 0.05) is 25.0 Å². The van der Waals surface area contributed by atoms with Crippen LogP contribution in [0.5, 0.6) is 0 Å². The number of carbonyl (C=O) groups is 1. The van der Waals surface area contributed by atoms with Crippen molar-refractivity contribution in [3.63, 3.8) is 0 Å². The number of hydrogen-bond acceptors (Lipinski definition) is 4. The minimum atomic E-state index is -3.70.